The van der Waals surface area contributed by atoms with Crippen molar-refractivity contribution in [2.24, 2.45) is 5.73 Å². The molecule has 2 aromatic carbocycles. The second kappa shape index (κ2) is 13.2. The van der Waals surface area contributed by atoms with Crippen LogP contribution in [-0.4, -0.2) is 36.4 Å². The summed E-state index contributed by atoms with van der Waals surface area (Å²) >= 11 is 0. The maximum Gasteiger partial charge on any atom is 0.408 e. The summed E-state index contributed by atoms with van der Waals surface area (Å²) in [6, 6.07) is 15.3. The number of hydrogen-bond donors (Lipinski definition) is 3. The molecule has 0 aromatic heterocycles. The van der Waals surface area contributed by atoms with Crippen molar-refractivity contribution < 1.29 is 24.2 Å². The molecular formula is C23H30N2O5. The SMILES string of the molecule is NCCCCCCOc1ccc(C[C@H](NC(=O)OCc2ccccc2)C(=O)O)cc1. The lowest BCUT2D eigenvalue weighted by Gasteiger charge is -2.15. The number of hydrogen-bond acceptors (Lipinski definition) is 5. The van der Waals surface area contributed by atoms with Crippen molar-refractivity contribution in [3.05, 3.63) is 65.7 Å². The van der Waals surface area contributed by atoms with Gasteiger partial charge in [0, 0.05) is 6.42 Å². The Hall–Kier alpha value is -3.06. The summed E-state index contributed by atoms with van der Waals surface area (Å²) in [4.78, 5) is 23.5. The second-order valence-electron chi connectivity index (χ2n) is 7.00. The number of aliphatic carboxylic acids is 1. The Morgan fingerprint density at radius 3 is 2.30 bits per heavy atom. The number of nitrogens with one attached hydrogen (secondary N) is 1. The minimum absolute atomic E-state index is 0.0806. The highest BCUT2D eigenvalue weighted by atomic mass is 16.5. The van der Waals surface area contributed by atoms with Crippen LogP contribution in [0.4, 0.5) is 4.79 Å². The van der Waals surface area contributed by atoms with Crippen LogP contribution < -0.4 is 15.8 Å². The number of alkyl carbamates (subject to hydrolysis) is 1. The number of unbranched alkanes of at least 4 members (excludes halogenated alkanes) is 3. The molecule has 0 fully saturated rings. The zero-order valence-corrected chi connectivity index (χ0v) is 17.1. The third-order valence-corrected chi connectivity index (χ3v) is 4.53. The van der Waals surface area contributed by atoms with Gasteiger partial charge in [0.15, 0.2) is 0 Å². The van der Waals surface area contributed by atoms with Gasteiger partial charge in [0.25, 0.3) is 0 Å². The second-order valence-corrected chi connectivity index (χ2v) is 7.00. The molecule has 0 bridgehead atoms. The number of carbonyl (C=O) groups is 2. The fourth-order valence-corrected chi connectivity index (χ4v) is 2.85. The first kappa shape index (κ1) is 23.2. The molecular weight excluding hydrogens is 384 g/mol. The summed E-state index contributed by atoms with van der Waals surface area (Å²) in [5, 5.41) is 11.8. The molecule has 162 valence electrons. The predicted octanol–water partition coefficient (Wildman–Crippen LogP) is 3.51. The summed E-state index contributed by atoms with van der Waals surface area (Å²) in [7, 11) is 0. The molecule has 0 saturated carbocycles. The quantitative estimate of drug-likeness (QED) is 0.433. The molecule has 4 N–H and O–H groups in total. The van der Waals surface area contributed by atoms with E-state index in [-0.39, 0.29) is 13.0 Å². The molecule has 0 aliphatic rings. The van der Waals surface area contributed by atoms with E-state index in [4.69, 9.17) is 15.2 Å². The third-order valence-electron chi connectivity index (χ3n) is 4.53. The maximum atomic E-state index is 12.0. The van der Waals surface area contributed by atoms with Gasteiger partial charge in [0.1, 0.15) is 18.4 Å². The van der Waals surface area contributed by atoms with Crippen molar-refractivity contribution in [3.8, 4) is 5.75 Å². The smallest absolute Gasteiger partial charge is 0.408 e. The van der Waals surface area contributed by atoms with Gasteiger partial charge in [-0.3, -0.25) is 0 Å². The Morgan fingerprint density at radius 1 is 0.933 bits per heavy atom. The standard InChI is InChI=1S/C23H30N2O5/c24-14-6-1-2-7-15-29-20-12-10-18(11-13-20)16-21(22(26)27)25-23(28)30-17-19-8-4-3-5-9-19/h3-5,8-13,21H,1-2,6-7,14-17,24H2,(H,25,28)(H,26,27)/t21-/m0/s1. The molecule has 0 aliphatic heterocycles. The van der Waals surface area contributed by atoms with Gasteiger partial charge in [0.05, 0.1) is 6.61 Å². The zero-order chi connectivity index (χ0) is 21.6. The van der Waals surface area contributed by atoms with Gasteiger partial charge in [-0.15, -0.1) is 0 Å². The van der Waals surface area contributed by atoms with Crippen LogP contribution in [0, 0.1) is 0 Å². The number of benzene rings is 2. The number of amides is 1. The first-order chi connectivity index (χ1) is 14.6. The summed E-state index contributed by atoms with van der Waals surface area (Å²) in [5.74, 6) is -0.385. The van der Waals surface area contributed by atoms with E-state index in [9.17, 15) is 14.7 Å². The molecule has 0 saturated heterocycles. The monoisotopic (exact) mass is 414 g/mol. The summed E-state index contributed by atoms with van der Waals surface area (Å²) in [6.45, 7) is 1.44. The highest BCUT2D eigenvalue weighted by Gasteiger charge is 2.21. The number of nitrogens with two attached hydrogens (primary N) is 1. The van der Waals surface area contributed by atoms with Crippen LogP contribution in [0.5, 0.6) is 5.75 Å². The third kappa shape index (κ3) is 8.96. The van der Waals surface area contributed by atoms with Gasteiger partial charge >= 0.3 is 12.1 Å². The first-order valence-electron chi connectivity index (χ1n) is 10.2. The van der Waals surface area contributed by atoms with Crippen molar-refractivity contribution in [1.29, 1.82) is 0 Å². The van der Waals surface area contributed by atoms with Crippen molar-refractivity contribution in [2.75, 3.05) is 13.2 Å². The van der Waals surface area contributed by atoms with E-state index >= 15 is 0 Å². The molecule has 0 heterocycles. The van der Waals surface area contributed by atoms with E-state index in [0.717, 1.165) is 49.1 Å². The van der Waals surface area contributed by atoms with Gasteiger partial charge in [0.2, 0.25) is 0 Å². The summed E-state index contributed by atoms with van der Waals surface area (Å²) in [5.41, 5.74) is 7.08. The fraction of sp³-hybridized carbons (Fsp3) is 0.391. The van der Waals surface area contributed by atoms with E-state index < -0.39 is 18.1 Å². The molecule has 30 heavy (non-hydrogen) atoms. The Morgan fingerprint density at radius 2 is 1.63 bits per heavy atom. The lowest BCUT2D eigenvalue weighted by Crippen LogP contribution is -2.42. The Labute approximate surface area is 177 Å². The molecule has 0 unspecified atom stereocenters. The largest absolute Gasteiger partial charge is 0.494 e. The van der Waals surface area contributed by atoms with Crippen LogP contribution in [-0.2, 0) is 22.6 Å². The highest BCUT2D eigenvalue weighted by Crippen LogP contribution is 2.14. The van der Waals surface area contributed by atoms with Gasteiger partial charge in [-0.05, 0) is 42.6 Å². The number of carboxylic acid groups (broad SMARTS) is 1. The van der Waals surface area contributed by atoms with Crippen molar-refractivity contribution in [2.45, 2.75) is 44.8 Å². The maximum absolute atomic E-state index is 12.0. The molecule has 2 aromatic rings. The van der Waals surface area contributed by atoms with Crippen LogP contribution in [0.3, 0.4) is 0 Å². The number of ether oxygens (including phenoxy) is 2. The van der Waals surface area contributed by atoms with Gasteiger partial charge in [-0.25, -0.2) is 9.59 Å². The molecule has 0 aliphatic carbocycles. The van der Waals surface area contributed by atoms with Crippen LogP contribution >= 0.6 is 0 Å². The van der Waals surface area contributed by atoms with E-state index in [1.807, 2.05) is 42.5 Å². The normalized spacial score (nSPS) is 11.5. The molecule has 7 nitrogen and oxygen atoms in total. The minimum atomic E-state index is -1.12. The average molecular weight is 415 g/mol. The van der Waals surface area contributed by atoms with E-state index in [1.54, 1.807) is 12.1 Å². The zero-order valence-electron chi connectivity index (χ0n) is 17.1. The molecule has 2 rings (SSSR count). The first-order valence-corrected chi connectivity index (χ1v) is 10.2. The summed E-state index contributed by atoms with van der Waals surface area (Å²) < 4.78 is 10.8. The van der Waals surface area contributed by atoms with Crippen LogP contribution in [0.15, 0.2) is 54.6 Å². The van der Waals surface area contributed by atoms with Crippen molar-refractivity contribution in [3.63, 3.8) is 0 Å². The van der Waals surface area contributed by atoms with Gasteiger partial charge in [-0.1, -0.05) is 55.3 Å². The number of rotatable bonds is 13. The van der Waals surface area contributed by atoms with E-state index in [1.165, 1.54) is 0 Å². The predicted molar refractivity (Wildman–Crippen MR) is 114 cm³/mol. The van der Waals surface area contributed by atoms with E-state index in [0.29, 0.717) is 6.61 Å². The average Bonchev–Trinajstić information content (AvgIpc) is 2.76. The Bertz CT molecular complexity index is 765. The highest BCUT2D eigenvalue weighted by molar-refractivity contribution is 5.80. The van der Waals surface area contributed by atoms with E-state index in [2.05, 4.69) is 5.32 Å². The van der Waals surface area contributed by atoms with Gasteiger partial charge in [-0.2, -0.15) is 0 Å². The van der Waals surface area contributed by atoms with Crippen LogP contribution in [0.2, 0.25) is 0 Å². The van der Waals surface area contributed by atoms with Crippen molar-refractivity contribution in [1.82, 2.24) is 5.32 Å². The molecule has 1 atom stereocenters. The Balaban J connectivity index is 1.77. The molecule has 7 heteroatoms. The topological polar surface area (TPSA) is 111 Å². The number of carbonyl (C=O) groups excluding carboxylic acids is 1. The number of carboxylic acids is 1. The van der Waals surface area contributed by atoms with Crippen LogP contribution in [0.1, 0.15) is 36.8 Å². The van der Waals surface area contributed by atoms with Crippen LogP contribution in [0.25, 0.3) is 0 Å². The lowest BCUT2D eigenvalue weighted by atomic mass is 10.1. The minimum Gasteiger partial charge on any atom is -0.494 e. The van der Waals surface area contributed by atoms with Gasteiger partial charge < -0.3 is 25.6 Å². The summed E-state index contributed by atoms with van der Waals surface area (Å²) in [6.07, 6.45) is 3.58. The lowest BCUT2D eigenvalue weighted by molar-refractivity contribution is -0.139. The molecule has 0 radical (unpaired) electrons. The fourth-order valence-electron chi connectivity index (χ4n) is 2.85. The Kier molecular flexibility index (Phi) is 10.2. The van der Waals surface area contributed by atoms with Crippen molar-refractivity contribution >= 4 is 12.1 Å². The molecule has 1 amide bonds. The molecule has 0 spiro atoms.